The largest absolute Gasteiger partial charge is 0.360 e. The Hall–Kier alpha value is -2.61. The summed E-state index contributed by atoms with van der Waals surface area (Å²) in [7, 11) is 0. The second-order valence-corrected chi connectivity index (χ2v) is 4.76. The summed E-state index contributed by atoms with van der Waals surface area (Å²) in [5.41, 5.74) is 7.63. The van der Waals surface area contributed by atoms with Gasteiger partial charge in [0.25, 0.3) is 6.43 Å². The molecule has 0 amide bonds. The molecule has 3 N–H and O–H groups in total. The van der Waals surface area contributed by atoms with E-state index in [1.807, 2.05) is 0 Å². The number of alkyl halides is 2. The van der Waals surface area contributed by atoms with Crippen LogP contribution in [0, 0.1) is 5.53 Å². The Labute approximate surface area is 136 Å². The number of halogens is 3. The first kappa shape index (κ1) is 16.8. The van der Waals surface area contributed by atoms with Crippen molar-refractivity contribution < 1.29 is 8.78 Å². The van der Waals surface area contributed by atoms with Crippen LogP contribution in [0.2, 0.25) is 5.02 Å². The third-order valence-electron chi connectivity index (χ3n) is 2.77. The van der Waals surface area contributed by atoms with Gasteiger partial charge in [-0.3, -0.25) is 0 Å². The minimum absolute atomic E-state index is 0.00262. The molecule has 9 heteroatoms. The normalized spacial score (nSPS) is 11.4. The van der Waals surface area contributed by atoms with Gasteiger partial charge < -0.3 is 10.6 Å². The van der Waals surface area contributed by atoms with Crippen LogP contribution in [0.5, 0.6) is 0 Å². The first-order chi connectivity index (χ1) is 11.1. The predicted octanol–water partition coefficient (Wildman–Crippen LogP) is 4.46. The molecule has 0 saturated heterocycles. The SMILES string of the molecule is N=N/C(=C\Nc1ccc(Cl)c(C(F)F)c1)CNc1ncccn1. The van der Waals surface area contributed by atoms with Crippen LogP contribution >= 0.6 is 11.6 Å². The van der Waals surface area contributed by atoms with Crippen molar-refractivity contribution in [1.29, 1.82) is 5.53 Å². The Bertz CT molecular complexity index is 693. The number of nitrogens with one attached hydrogen (secondary N) is 3. The van der Waals surface area contributed by atoms with E-state index in [9.17, 15) is 8.78 Å². The van der Waals surface area contributed by atoms with E-state index in [0.29, 0.717) is 17.3 Å². The summed E-state index contributed by atoms with van der Waals surface area (Å²) in [4.78, 5) is 7.95. The Morgan fingerprint density at radius 2 is 2.09 bits per heavy atom. The minimum Gasteiger partial charge on any atom is -0.360 e. The van der Waals surface area contributed by atoms with Crippen LogP contribution < -0.4 is 10.6 Å². The monoisotopic (exact) mass is 338 g/mol. The lowest BCUT2D eigenvalue weighted by Crippen LogP contribution is -2.07. The smallest absolute Gasteiger partial charge is 0.265 e. The number of anilines is 2. The van der Waals surface area contributed by atoms with E-state index >= 15 is 0 Å². The average Bonchev–Trinajstić information content (AvgIpc) is 2.57. The van der Waals surface area contributed by atoms with Crippen LogP contribution in [-0.2, 0) is 0 Å². The van der Waals surface area contributed by atoms with Crippen LogP contribution in [0.15, 0.2) is 53.7 Å². The molecule has 2 aromatic rings. The molecule has 0 aliphatic rings. The molecule has 120 valence electrons. The van der Waals surface area contributed by atoms with Crippen molar-refractivity contribution >= 4 is 23.2 Å². The Kier molecular flexibility index (Phi) is 5.93. The number of benzene rings is 1. The van der Waals surface area contributed by atoms with E-state index in [1.54, 1.807) is 24.5 Å². The first-order valence-electron chi connectivity index (χ1n) is 6.51. The standard InChI is InChI=1S/C14H13ClF2N6/c15-12-3-2-9(6-11(12)13(16)17)21-7-10(23-18)8-22-14-19-4-1-5-20-14/h1-7,13,18,21H,8H2,(H,19,20,22)/b10-7-,23-18?. The lowest BCUT2D eigenvalue weighted by molar-refractivity contribution is 0.151. The van der Waals surface area contributed by atoms with Crippen LogP contribution in [0.1, 0.15) is 12.0 Å². The molecule has 2 rings (SSSR count). The summed E-state index contributed by atoms with van der Waals surface area (Å²) < 4.78 is 25.6. The highest BCUT2D eigenvalue weighted by atomic mass is 35.5. The fraction of sp³-hybridized carbons (Fsp3) is 0.143. The lowest BCUT2D eigenvalue weighted by atomic mass is 10.2. The molecule has 23 heavy (non-hydrogen) atoms. The van der Waals surface area contributed by atoms with Gasteiger partial charge in [0.05, 0.1) is 12.2 Å². The van der Waals surface area contributed by atoms with Crippen LogP contribution in [0.3, 0.4) is 0 Å². The zero-order valence-electron chi connectivity index (χ0n) is 11.8. The van der Waals surface area contributed by atoms with E-state index in [0.717, 1.165) is 0 Å². The highest BCUT2D eigenvalue weighted by Crippen LogP contribution is 2.29. The van der Waals surface area contributed by atoms with Crippen molar-refractivity contribution in [3.05, 3.63) is 59.1 Å². The highest BCUT2D eigenvalue weighted by molar-refractivity contribution is 6.31. The maximum absolute atomic E-state index is 12.8. The van der Waals surface area contributed by atoms with Crippen molar-refractivity contribution in [2.24, 2.45) is 5.11 Å². The third kappa shape index (κ3) is 4.96. The minimum atomic E-state index is -2.66. The van der Waals surface area contributed by atoms with Crippen LogP contribution in [-0.4, -0.2) is 16.5 Å². The molecule has 0 unspecified atom stereocenters. The van der Waals surface area contributed by atoms with Gasteiger partial charge in [-0.1, -0.05) is 11.6 Å². The fourth-order valence-electron chi connectivity index (χ4n) is 1.65. The number of nitrogens with zero attached hydrogens (tertiary/aromatic N) is 3. The zero-order valence-corrected chi connectivity index (χ0v) is 12.6. The summed E-state index contributed by atoms with van der Waals surface area (Å²) in [5.74, 6) is 0.397. The van der Waals surface area contributed by atoms with Gasteiger partial charge in [-0.2, -0.15) is 5.11 Å². The van der Waals surface area contributed by atoms with Gasteiger partial charge in [0, 0.05) is 34.9 Å². The van der Waals surface area contributed by atoms with Gasteiger partial charge in [0.2, 0.25) is 5.95 Å². The van der Waals surface area contributed by atoms with E-state index < -0.39 is 6.43 Å². The maximum Gasteiger partial charge on any atom is 0.265 e. The summed E-state index contributed by atoms with van der Waals surface area (Å²) in [6, 6.07) is 5.87. The number of aromatic nitrogens is 2. The second kappa shape index (κ2) is 8.14. The average molecular weight is 339 g/mol. The first-order valence-corrected chi connectivity index (χ1v) is 6.89. The topological polar surface area (TPSA) is 86.0 Å². The van der Waals surface area contributed by atoms with Crippen LogP contribution in [0.4, 0.5) is 20.4 Å². The number of hydrogen-bond donors (Lipinski definition) is 3. The Balaban J connectivity index is 2.02. The van der Waals surface area contributed by atoms with Crippen molar-refractivity contribution in [3.63, 3.8) is 0 Å². The van der Waals surface area contributed by atoms with E-state index in [-0.39, 0.29) is 17.1 Å². The van der Waals surface area contributed by atoms with Gasteiger partial charge in [0.1, 0.15) is 0 Å². The molecule has 1 aromatic heterocycles. The van der Waals surface area contributed by atoms with Gasteiger partial charge >= 0.3 is 0 Å². The fourth-order valence-corrected chi connectivity index (χ4v) is 1.85. The number of hydrogen-bond acceptors (Lipinski definition) is 6. The molecular weight excluding hydrogens is 326 g/mol. The molecule has 0 fully saturated rings. The van der Waals surface area contributed by atoms with Crippen molar-refractivity contribution in [2.75, 3.05) is 17.2 Å². The van der Waals surface area contributed by atoms with Crippen LogP contribution in [0.25, 0.3) is 0 Å². The van der Waals surface area contributed by atoms with Crippen molar-refractivity contribution in [1.82, 2.24) is 9.97 Å². The van der Waals surface area contributed by atoms with E-state index in [2.05, 4.69) is 25.7 Å². The van der Waals surface area contributed by atoms with Gasteiger partial charge in [-0.15, -0.1) is 0 Å². The van der Waals surface area contributed by atoms with Crippen molar-refractivity contribution in [3.8, 4) is 0 Å². The maximum atomic E-state index is 12.8. The van der Waals surface area contributed by atoms with Gasteiger partial charge in [0.15, 0.2) is 0 Å². The van der Waals surface area contributed by atoms with Crippen molar-refractivity contribution in [2.45, 2.75) is 6.43 Å². The zero-order chi connectivity index (χ0) is 16.7. The molecular formula is C14H13ClF2N6. The molecule has 0 bridgehead atoms. The molecule has 0 atom stereocenters. The highest BCUT2D eigenvalue weighted by Gasteiger charge is 2.12. The van der Waals surface area contributed by atoms with E-state index in [4.69, 9.17) is 17.1 Å². The molecule has 0 spiro atoms. The summed E-state index contributed by atoms with van der Waals surface area (Å²) in [5, 5.41) is 9.04. The Morgan fingerprint density at radius 3 is 2.74 bits per heavy atom. The summed E-state index contributed by atoms with van der Waals surface area (Å²) >= 11 is 5.70. The Morgan fingerprint density at radius 1 is 1.35 bits per heavy atom. The molecule has 0 saturated carbocycles. The molecule has 0 aliphatic heterocycles. The summed E-state index contributed by atoms with van der Waals surface area (Å²) in [6.45, 7) is 0.204. The van der Waals surface area contributed by atoms with Gasteiger partial charge in [-0.05, 0) is 24.3 Å². The molecule has 6 nitrogen and oxygen atoms in total. The lowest BCUT2D eigenvalue weighted by Gasteiger charge is -2.08. The molecule has 0 aliphatic carbocycles. The van der Waals surface area contributed by atoms with E-state index in [1.165, 1.54) is 18.3 Å². The predicted molar refractivity (Wildman–Crippen MR) is 83.8 cm³/mol. The van der Waals surface area contributed by atoms with Gasteiger partial charge in [-0.25, -0.2) is 24.3 Å². The summed E-state index contributed by atoms with van der Waals surface area (Å²) in [6.07, 6.45) is 1.93. The molecule has 1 heterocycles. The number of rotatable bonds is 7. The molecule has 1 aromatic carbocycles. The third-order valence-corrected chi connectivity index (χ3v) is 3.12. The second-order valence-electron chi connectivity index (χ2n) is 4.35. The molecule has 0 radical (unpaired) electrons. The quantitative estimate of drug-likeness (QED) is 0.650.